The molecule has 2 aromatic carbocycles. The Kier molecular flexibility index (Phi) is 18.8. The molecular weight excluding hydrogens is 979 g/mol. The summed E-state index contributed by atoms with van der Waals surface area (Å²) in [5.74, 6) is 2.08. The first-order valence-corrected chi connectivity index (χ1v) is 27.2. The Balaban J connectivity index is 0.000000202. The van der Waals surface area contributed by atoms with Gasteiger partial charge in [-0.05, 0) is 129 Å². The van der Waals surface area contributed by atoms with E-state index in [9.17, 15) is 0 Å². The third-order valence-corrected chi connectivity index (χ3v) is 14.5. The van der Waals surface area contributed by atoms with Gasteiger partial charge >= 0.3 is 0 Å². The molecule has 2 aliphatic rings. The lowest BCUT2D eigenvalue weighted by molar-refractivity contribution is 0.313. The molecule has 1 saturated carbocycles. The van der Waals surface area contributed by atoms with Crippen molar-refractivity contribution in [2.45, 2.75) is 79.1 Å². The minimum Gasteiger partial charge on any atom is -0.398 e. The first kappa shape index (κ1) is 56.2. The van der Waals surface area contributed by atoms with E-state index in [1.807, 2.05) is 68.3 Å². The van der Waals surface area contributed by atoms with Crippen LogP contribution in [0.3, 0.4) is 0 Å². The van der Waals surface area contributed by atoms with E-state index in [0.717, 1.165) is 163 Å². The van der Waals surface area contributed by atoms with Crippen LogP contribution in [0.1, 0.15) is 93.9 Å². The molecule has 8 aromatic rings. The van der Waals surface area contributed by atoms with Crippen molar-refractivity contribution in [1.29, 1.82) is 0 Å². The van der Waals surface area contributed by atoms with Crippen molar-refractivity contribution >= 4 is 55.5 Å². The molecule has 0 unspecified atom stereocenters. The van der Waals surface area contributed by atoms with Crippen LogP contribution in [0.5, 0.6) is 0 Å². The van der Waals surface area contributed by atoms with Crippen molar-refractivity contribution in [3.05, 3.63) is 187 Å². The second kappa shape index (κ2) is 26.4. The molecule has 1 saturated heterocycles. The third kappa shape index (κ3) is 13.4. The quantitative estimate of drug-likeness (QED) is 0.0273. The number of nitrogens with one attached hydrogen (secondary N) is 5. The lowest BCUT2D eigenvalue weighted by atomic mass is 9.87. The van der Waals surface area contributed by atoms with Crippen LogP contribution in [0.2, 0.25) is 0 Å². The second-order valence-corrected chi connectivity index (χ2v) is 20.1. The number of hydrogen-bond acceptors (Lipinski definition) is 11. The van der Waals surface area contributed by atoms with Gasteiger partial charge in [-0.3, -0.25) is 15.1 Å². The zero-order valence-electron chi connectivity index (χ0n) is 46.5. The Morgan fingerprint density at radius 3 is 2.10 bits per heavy atom. The van der Waals surface area contributed by atoms with Gasteiger partial charge in [0.1, 0.15) is 22.6 Å². The van der Waals surface area contributed by atoms with Crippen LogP contribution >= 0.6 is 0 Å². The number of nitrogens with two attached hydrogens (primary N) is 1. The van der Waals surface area contributed by atoms with Gasteiger partial charge in [0.15, 0.2) is 5.82 Å². The van der Waals surface area contributed by atoms with Crippen LogP contribution in [0.25, 0.3) is 61.3 Å². The first-order valence-electron chi connectivity index (χ1n) is 27.2. The summed E-state index contributed by atoms with van der Waals surface area (Å²) >= 11 is 0. The van der Waals surface area contributed by atoms with Crippen molar-refractivity contribution in [3.8, 4) is 30.1 Å². The van der Waals surface area contributed by atoms with E-state index < -0.39 is 0 Å². The number of terminal acetylenes is 1. The smallest absolute Gasteiger partial charge is 0.159 e. The van der Waals surface area contributed by atoms with Crippen LogP contribution in [-0.2, 0) is 6.42 Å². The maximum Gasteiger partial charge on any atom is 0.159 e. The number of aryl methyl sites for hydroxylation is 1. The highest BCUT2D eigenvalue weighted by Gasteiger charge is 2.22. The third-order valence-electron chi connectivity index (χ3n) is 14.5. The lowest BCUT2D eigenvalue weighted by Crippen LogP contribution is -2.44. The van der Waals surface area contributed by atoms with Crippen LogP contribution in [0.15, 0.2) is 159 Å². The molecule has 0 spiro atoms. The predicted molar refractivity (Wildman–Crippen MR) is 328 cm³/mol. The van der Waals surface area contributed by atoms with E-state index >= 15 is 0 Å². The fraction of sp³-hybridized carbons (Fsp3) is 0.281. The Hall–Kier alpha value is -9.00. The monoisotopic (exact) mass is 1050 g/mol. The van der Waals surface area contributed by atoms with E-state index in [1.165, 1.54) is 32.1 Å². The number of pyridine rings is 2. The zero-order valence-corrected chi connectivity index (χ0v) is 46.5. The van der Waals surface area contributed by atoms with Crippen molar-refractivity contribution in [3.63, 3.8) is 0 Å². The molecule has 6 aromatic heterocycles. The predicted octanol–water partition coefficient (Wildman–Crippen LogP) is 12.7. The molecule has 0 amide bonds. The van der Waals surface area contributed by atoms with Crippen LogP contribution in [0.4, 0.5) is 11.4 Å². The van der Waals surface area contributed by atoms with Gasteiger partial charge in [0.05, 0.1) is 64.7 Å². The van der Waals surface area contributed by atoms with Crippen molar-refractivity contribution in [2.75, 3.05) is 43.9 Å². The fourth-order valence-corrected chi connectivity index (χ4v) is 10.2. The van der Waals surface area contributed by atoms with E-state index in [1.54, 1.807) is 12.5 Å². The van der Waals surface area contributed by atoms with Gasteiger partial charge in [-0.25, -0.2) is 15.0 Å². The topological polar surface area (TPSA) is 186 Å². The second-order valence-electron chi connectivity index (χ2n) is 20.1. The molecular formula is C64H75N15. The minimum atomic E-state index is 0.525. The van der Waals surface area contributed by atoms with E-state index in [4.69, 9.17) is 15.7 Å². The molecule has 2 fully saturated rings. The Morgan fingerprint density at radius 1 is 0.797 bits per heavy atom. The standard InChI is InChI=1S/C32H37N7.C30H36N8.C2H2/c1-5-23(15-27(6-2)36-22(4)24-10-8-7-9-11-24)25-12-13-28(33)26(14-25)16-31-37-29-17-34-18-30(32(29)38-31)39-19-21(3)35-20-39;1-6-9-20(4)32-23(8-3)16-21(7-2)22-10-11-25-24(17-22)28(36-35-25)30-33-26-18-31-19-27(29(26)34-30)38-14-12-37(5)13-15-38;1-2/h5-6,12-15,17-20,24,36H,2,4,7-11,16,33H2,1,3H3,(H,37,38);7-8,10-11,16-19,32H,3-4,6,9,12-15H2,1-2,5H3,(H,33,34)(H,35,36);1-2H/b23-5+,27-15+;21-7+,23-16+;. The molecule has 0 bridgehead atoms. The number of H-pyrrole nitrogens is 3. The number of aromatic nitrogens is 10. The highest BCUT2D eigenvalue weighted by molar-refractivity contribution is 5.97. The number of rotatable bonds is 18. The molecule has 0 atom stereocenters. The van der Waals surface area contributed by atoms with Crippen molar-refractivity contribution < 1.29 is 0 Å². The maximum atomic E-state index is 6.43. The average molecular weight is 1050 g/mol. The summed E-state index contributed by atoms with van der Waals surface area (Å²) in [7, 11) is 2.16. The molecule has 15 nitrogen and oxygen atoms in total. The SMILES string of the molecule is C#C.C=C/C(=C\C(=C/C)c1ccc(N)c(Cc2nc3c(-n4cnc(C)c4)cncc3[nH]2)c1)NC(=C)C1CCCCC1.C=C/C(=C\C(=C/C)c1ccc2[nH]nc(-c3nc4c(N5CCN(C)CC5)cncc4[nH]3)c2c1)NC(=C)CCC. The van der Waals surface area contributed by atoms with Crippen molar-refractivity contribution in [2.24, 2.45) is 5.92 Å². The first-order chi connectivity index (χ1) is 38.4. The maximum absolute atomic E-state index is 6.43. The zero-order chi connectivity index (χ0) is 56.0. The van der Waals surface area contributed by atoms with Gasteiger partial charge in [0.2, 0.25) is 0 Å². The number of nitrogens with zero attached hydrogens (tertiary/aromatic N) is 9. The summed E-state index contributed by atoms with van der Waals surface area (Å²) in [5.41, 5.74) is 24.6. The number of piperazine rings is 1. The van der Waals surface area contributed by atoms with Gasteiger partial charge in [0.25, 0.3) is 0 Å². The number of aromatic amines is 3. The molecule has 406 valence electrons. The van der Waals surface area contributed by atoms with Gasteiger partial charge in [-0.1, -0.05) is 83.2 Å². The molecule has 10 rings (SSSR count). The molecule has 1 aliphatic heterocycles. The van der Waals surface area contributed by atoms with Gasteiger partial charge in [-0.15, -0.1) is 12.8 Å². The normalized spacial score (nSPS) is 14.8. The fourth-order valence-electron chi connectivity index (χ4n) is 10.2. The Morgan fingerprint density at radius 2 is 1.44 bits per heavy atom. The van der Waals surface area contributed by atoms with Crippen LogP contribution in [-0.4, -0.2) is 87.8 Å². The lowest BCUT2D eigenvalue weighted by Gasteiger charge is -2.33. The van der Waals surface area contributed by atoms with E-state index in [-0.39, 0.29) is 0 Å². The Labute approximate surface area is 465 Å². The highest BCUT2D eigenvalue weighted by atomic mass is 15.3. The molecule has 0 radical (unpaired) electrons. The molecule has 15 heteroatoms. The number of nitrogen functional groups attached to an aromatic ring is 1. The summed E-state index contributed by atoms with van der Waals surface area (Å²) in [6.45, 7) is 28.6. The van der Waals surface area contributed by atoms with Crippen LogP contribution in [0, 0.1) is 25.7 Å². The number of fused-ring (bicyclic) bond motifs is 3. The number of hydrogen-bond donors (Lipinski definition) is 6. The number of anilines is 2. The number of benzene rings is 2. The summed E-state index contributed by atoms with van der Waals surface area (Å²) in [6, 6.07) is 12.5. The Bertz CT molecular complexity index is 3610. The van der Waals surface area contributed by atoms with Gasteiger partial charge in [-0.2, -0.15) is 5.10 Å². The number of imidazole rings is 3. The summed E-state index contributed by atoms with van der Waals surface area (Å²) in [5, 5.41) is 15.7. The highest BCUT2D eigenvalue weighted by Crippen LogP contribution is 2.34. The summed E-state index contributed by atoms with van der Waals surface area (Å²) in [6.07, 6.45) is 40.1. The largest absolute Gasteiger partial charge is 0.398 e. The minimum absolute atomic E-state index is 0.525. The van der Waals surface area contributed by atoms with E-state index in [2.05, 4.69) is 163 Å². The van der Waals surface area contributed by atoms with Crippen molar-refractivity contribution in [1.82, 2.24) is 65.2 Å². The molecule has 7 heterocycles. The average Bonchev–Trinajstić information content (AvgIpc) is 4.44. The summed E-state index contributed by atoms with van der Waals surface area (Å²) < 4.78 is 1.95. The molecule has 79 heavy (non-hydrogen) atoms. The number of likely N-dealkylation sites (N-methyl/N-ethyl adjacent to an activating group) is 1. The molecule has 1 aliphatic carbocycles. The summed E-state index contributed by atoms with van der Waals surface area (Å²) in [4.78, 5) is 34.7. The van der Waals surface area contributed by atoms with E-state index in [0.29, 0.717) is 12.3 Å². The van der Waals surface area contributed by atoms with Gasteiger partial charge in [0, 0.05) is 72.7 Å². The number of allylic oxidation sites excluding steroid dienone is 10. The molecule has 7 N–H and O–H groups in total. The van der Waals surface area contributed by atoms with Crippen LogP contribution < -0.4 is 21.3 Å². The van der Waals surface area contributed by atoms with Gasteiger partial charge < -0.3 is 40.7 Å².